The molecule has 0 atom stereocenters. The number of hydrogen-bond acceptors (Lipinski definition) is 4. The molecule has 1 rings (SSSR count). The number of hydrogen-bond donors (Lipinski definition) is 1. The van der Waals surface area contributed by atoms with Gasteiger partial charge in [0.05, 0.1) is 5.56 Å². The van der Waals surface area contributed by atoms with E-state index in [1.807, 2.05) is 19.0 Å². The summed E-state index contributed by atoms with van der Waals surface area (Å²) in [6, 6.07) is 1.83. The summed E-state index contributed by atoms with van der Waals surface area (Å²) in [5.74, 6) is -0.268. The zero-order chi connectivity index (χ0) is 14.6. The molecule has 0 saturated heterocycles. The monoisotopic (exact) mass is 293 g/mol. The van der Waals surface area contributed by atoms with Gasteiger partial charge >= 0.3 is 6.18 Å². The molecule has 0 fully saturated rings. The smallest absolute Gasteiger partial charge is 0.366 e. The van der Waals surface area contributed by atoms with Crippen LogP contribution in [0.5, 0.6) is 0 Å². The van der Waals surface area contributed by atoms with E-state index in [1.165, 1.54) is 0 Å². The van der Waals surface area contributed by atoms with Gasteiger partial charge < -0.3 is 10.6 Å². The van der Waals surface area contributed by atoms with Gasteiger partial charge in [0.2, 0.25) is 0 Å². The lowest BCUT2D eigenvalue weighted by Crippen LogP contribution is -2.18. The lowest BCUT2D eigenvalue weighted by Gasteiger charge is -2.12. The summed E-state index contributed by atoms with van der Waals surface area (Å²) < 4.78 is 37.7. The normalized spacial score (nSPS) is 11.9. The summed E-state index contributed by atoms with van der Waals surface area (Å²) in [4.78, 5) is 16.5. The Labute approximate surface area is 113 Å². The van der Waals surface area contributed by atoms with E-state index < -0.39 is 17.8 Å². The Bertz CT molecular complexity index is 463. The van der Waals surface area contributed by atoms with E-state index in [-0.39, 0.29) is 10.6 Å². The van der Waals surface area contributed by atoms with Crippen LogP contribution in [0.25, 0.3) is 0 Å². The molecule has 0 bridgehead atoms. The SMILES string of the molecule is CN(C)CCSc1nc(C(F)(F)F)ccc1C(N)=O. The second-order valence-electron chi connectivity index (χ2n) is 4.06. The molecule has 8 heteroatoms. The molecule has 0 aromatic carbocycles. The molecule has 0 unspecified atom stereocenters. The average molecular weight is 293 g/mol. The maximum atomic E-state index is 12.6. The first kappa shape index (κ1) is 15.8. The molecule has 0 aliphatic rings. The molecule has 106 valence electrons. The van der Waals surface area contributed by atoms with Crippen LogP contribution in [0.4, 0.5) is 13.2 Å². The third-order valence-electron chi connectivity index (χ3n) is 2.19. The molecule has 0 saturated carbocycles. The van der Waals surface area contributed by atoms with Gasteiger partial charge in [-0.2, -0.15) is 13.2 Å². The number of carbonyl (C=O) groups excluding carboxylic acids is 1. The van der Waals surface area contributed by atoms with Crippen molar-refractivity contribution in [3.63, 3.8) is 0 Å². The van der Waals surface area contributed by atoms with Gasteiger partial charge in [0.15, 0.2) is 0 Å². The number of pyridine rings is 1. The van der Waals surface area contributed by atoms with Crippen molar-refractivity contribution in [2.45, 2.75) is 11.2 Å². The van der Waals surface area contributed by atoms with Crippen LogP contribution in [0.1, 0.15) is 16.1 Å². The molecule has 0 aliphatic heterocycles. The van der Waals surface area contributed by atoms with Gasteiger partial charge in [0.25, 0.3) is 5.91 Å². The lowest BCUT2D eigenvalue weighted by molar-refractivity contribution is -0.141. The zero-order valence-corrected chi connectivity index (χ0v) is 11.3. The highest BCUT2D eigenvalue weighted by atomic mass is 32.2. The Morgan fingerprint density at radius 3 is 2.53 bits per heavy atom. The third-order valence-corrected chi connectivity index (χ3v) is 3.16. The van der Waals surface area contributed by atoms with Crippen LogP contribution in [0, 0.1) is 0 Å². The lowest BCUT2D eigenvalue weighted by atomic mass is 10.2. The van der Waals surface area contributed by atoms with Crippen LogP contribution in [-0.4, -0.2) is 42.2 Å². The summed E-state index contributed by atoms with van der Waals surface area (Å²) >= 11 is 1.08. The number of primary amides is 1. The maximum absolute atomic E-state index is 12.6. The molecule has 19 heavy (non-hydrogen) atoms. The van der Waals surface area contributed by atoms with Gasteiger partial charge in [-0.25, -0.2) is 4.98 Å². The Kier molecular flexibility index (Phi) is 5.19. The van der Waals surface area contributed by atoms with E-state index in [0.717, 1.165) is 23.9 Å². The number of rotatable bonds is 5. The van der Waals surface area contributed by atoms with Gasteiger partial charge in [-0.1, -0.05) is 0 Å². The zero-order valence-electron chi connectivity index (χ0n) is 10.5. The molecule has 4 nitrogen and oxygen atoms in total. The number of nitrogens with zero attached hydrogens (tertiary/aromatic N) is 2. The predicted octanol–water partition coefficient (Wildman–Crippen LogP) is 1.85. The van der Waals surface area contributed by atoms with Crippen molar-refractivity contribution < 1.29 is 18.0 Å². The largest absolute Gasteiger partial charge is 0.433 e. The van der Waals surface area contributed by atoms with Crippen LogP contribution in [0.15, 0.2) is 17.2 Å². The summed E-state index contributed by atoms with van der Waals surface area (Å²) in [6.45, 7) is 0.654. The van der Waals surface area contributed by atoms with Gasteiger partial charge in [-0.3, -0.25) is 4.79 Å². The van der Waals surface area contributed by atoms with Crippen molar-refractivity contribution in [3.8, 4) is 0 Å². The molecule has 0 radical (unpaired) electrons. The first-order valence-corrected chi connectivity index (χ1v) is 6.36. The van der Waals surface area contributed by atoms with E-state index >= 15 is 0 Å². The van der Waals surface area contributed by atoms with Gasteiger partial charge in [-0.05, 0) is 26.2 Å². The van der Waals surface area contributed by atoms with E-state index in [1.54, 1.807) is 0 Å². The summed E-state index contributed by atoms with van der Waals surface area (Å²) in [7, 11) is 3.68. The highest BCUT2D eigenvalue weighted by molar-refractivity contribution is 7.99. The second-order valence-corrected chi connectivity index (χ2v) is 5.15. The average Bonchev–Trinajstić information content (AvgIpc) is 2.26. The van der Waals surface area contributed by atoms with Crippen molar-refractivity contribution in [2.75, 3.05) is 26.4 Å². The van der Waals surface area contributed by atoms with Crippen molar-refractivity contribution in [2.24, 2.45) is 5.73 Å². The molecule has 1 heterocycles. The minimum Gasteiger partial charge on any atom is -0.366 e. The first-order chi connectivity index (χ1) is 8.71. The highest BCUT2D eigenvalue weighted by Crippen LogP contribution is 2.30. The summed E-state index contributed by atoms with van der Waals surface area (Å²) in [5, 5.41) is 0.0178. The number of aromatic nitrogens is 1. The topological polar surface area (TPSA) is 59.2 Å². The minimum atomic E-state index is -4.53. The van der Waals surface area contributed by atoms with Gasteiger partial charge in [-0.15, -0.1) is 11.8 Å². The first-order valence-electron chi connectivity index (χ1n) is 5.37. The second kappa shape index (κ2) is 6.25. The van der Waals surface area contributed by atoms with Gasteiger partial charge in [0, 0.05) is 12.3 Å². The fraction of sp³-hybridized carbons (Fsp3) is 0.455. The quantitative estimate of drug-likeness (QED) is 0.842. The molecular formula is C11H14F3N3OS. The van der Waals surface area contributed by atoms with E-state index in [9.17, 15) is 18.0 Å². The van der Waals surface area contributed by atoms with E-state index in [0.29, 0.717) is 12.3 Å². The van der Waals surface area contributed by atoms with Crippen molar-refractivity contribution in [1.29, 1.82) is 0 Å². The molecule has 0 aliphatic carbocycles. The Balaban J connectivity index is 2.99. The van der Waals surface area contributed by atoms with E-state index in [4.69, 9.17) is 5.73 Å². The molecule has 1 aromatic rings. The summed E-state index contributed by atoms with van der Waals surface area (Å²) in [5.41, 5.74) is 4.11. The number of alkyl halides is 3. The molecule has 0 spiro atoms. The standard InChI is InChI=1S/C11H14F3N3OS/c1-17(2)5-6-19-10-7(9(15)18)3-4-8(16-10)11(12,13)14/h3-4H,5-6H2,1-2H3,(H2,15,18). The van der Waals surface area contributed by atoms with Crippen LogP contribution in [-0.2, 0) is 6.18 Å². The fourth-order valence-corrected chi connectivity index (χ4v) is 2.36. The van der Waals surface area contributed by atoms with E-state index in [2.05, 4.69) is 4.98 Å². The highest BCUT2D eigenvalue weighted by Gasteiger charge is 2.33. The van der Waals surface area contributed by atoms with Crippen LogP contribution in [0.2, 0.25) is 0 Å². The van der Waals surface area contributed by atoms with Crippen LogP contribution >= 0.6 is 11.8 Å². The molecule has 2 N–H and O–H groups in total. The van der Waals surface area contributed by atoms with Crippen LogP contribution < -0.4 is 5.73 Å². The summed E-state index contributed by atoms with van der Waals surface area (Å²) in [6.07, 6.45) is -4.53. The Morgan fingerprint density at radius 1 is 1.42 bits per heavy atom. The molecule has 1 aromatic heterocycles. The number of halogens is 3. The molecule has 1 amide bonds. The number of carbonyl (C=O) groups is 1. The van der Waals surface area contributed by atoms with Crippen molar-refractivity contribution in [1.82, 2.24) is 9.88 Å². The van der Waals surface area contributed by atoms with Crippen molar-refractivity contribution in [3.05, 3.63) is 23.4 Å². The fourth-order valence-electron chi connectivity index (χ4n) is 1.22. The van der Waals surface area contributed by atoms with Crippen LogP contribution in [0.3, 0.4) is 0 Å². The maximum Gasteiger partial charge on any atom is 0.433 e. The van der Waals surface area contributed by atoms with Gasteiger partial charge in [0.1, 0.15) is 10.7 Å². The predicted molar refractivity (Wildman–Crippen MR) is 67.0 cm³/mol. The Hall–Kier alpha value is -1.28. The third kappa shape index (κ3) is 4.71. The Morgan fingerprint density at radius 2 is 2.05 bits per heavy atom. The molecular weight excluding hydrogens is 279 g/mol. The minimum absolute atomic E-state index is 0.0109. The number of thioether (sulfide) groups is 1. The number of amides is 1. The van der Waals surface area contributed by atoms with Crippen molar-refractivity contribution >= 4 is 17.7 Å². The number of nitrogens with two attached hydrogens (primary N) is 1.